The van der Waals surface area contributed by atoms with Crippen LogP contribution in [-0.2, 0) is 19.6 Å². The van der Waals surface area contributed by atoms with Crippen molar-refractivity contribution in [1.82, 2.24) is 4.90 Å². The first-order valence-electron chi connectivity index (χ1n) is 7.94. The van der Waals surface area contributed by atoms with Crippen molar-refractivity contribution < 1.29 is 17.9 Å². The molecule has 0 radical (unpaired) electrons. The van der Waals surface area contributed by atoms with E-state index in [1.807, 2.05) is 6.92 Å². The SMILES string of the molecule is Cc1ccc(NC(=O)C(C)CN2CCOCC2)cc1NS(C)(=O)=O. The number of sulfonamides is 1. The summed E-state index contributed by atoms with van der Waals surface area (Å²) < 4.78 is 30.6. The van der Waals surface area contributed by atoms with Crippen LogP contribution < -0.4 is 10.0 Å². The number of nitrogens with zero attached hydrogens (tertiary/aromatic N) is 1. The van der Waals surface area contributed by atoms with Gasteiger partial charge in [0, 0.05) is 31.2 Å². The third kappa shape index (κ3) is 5.77. The van der Waals surface area contributed by atoms with Crippen LogP contribution in [0, 0.1) is 12.8 Å². The molecular weight excluding hydrogens is 330 g/mol. The molecule has 1 saturated heterocycles. The zero-order valence-electron chi connectivity index (χ0n) is 14.3. The van der Waals surface area contributed by atoms with Crippen molar-refractivity contribution in [3.63, 3.8) is 0 Å². The lowest BCUT2D eigenvalue weighted by atomic mass is 10.1. The Morgan fingerprint density at radius 3 is 2.62 bits per heavy atom. The number of carbonyl (C=O) groups is 1. The molecule has 0 aromatic heterocycles. The van der Waals surface area contributed by atoms with Crippen molar-refractivity contribution in [2.45, 2.75) is 13.8 Å². The summed E-state index contributed by atoms with van der Waals surface area (Å²) in [6, 6.07) is 5.17. The number of benzene rings is 1. The number of morpholine rings is 1. The summed E-state index contributed by atoms with van der Waals surface area (Å²) in [4.78, 5) is 14.6. The third-order valence-corrected chi connectivity index (χ3v) is 4.47. The number of hydrogen-bond donors (Lipinski definition) is 2. The molecule has 1 aliphatic heterocycles. The molecule has 1 amide bonds. The molecule has 8 heteroatoms. The Balaban J connectivity index is 1.98. The van der Waals surface area contributed by atoms with Gasteiger partial charge in [-0.3, -0.25) is 14.4 Å². The third-order valence-electron chi connectivity index (χ3n) is 3.88. The largest absolute Gasteiger partial charge is 0.379 e. The topological polar surface area (TPSA) is 87.7 Å². The minimum atomic E-state index is -3.36. The fraction of sp³-hybridized carbons (Fsp3) is 0.562. The highest BCUT2D eigenvalue weighted by Gasteiger charge is 2.19. The van der Waals surface area contributed by atoms with E-state index in [1.54, 1.807) is 25.1 Å². The van der Waals surface area contributed by atoms with E-state index in [4.69, 9.17) is 4.74 Å². The lowest BCUT2D eigenvalue weighted by Crippen LogP contribution is -2.41. The van der Waals surface area contributed by atoms with E-state index in [0.717, 1.165) is 24.9 Å². The van der Waals surface area contributed by atoms with Crippen molar-refractivity contribution >= 4 is 27.3 Å². The molecule has 1 heterocycles. The van der Waals surface area contributed by atoms with E-state index >= 15 is 0 Å². The van der Waals surface area contributed by atoms with Gasteiger partial charge in [-0.1, -0.05) is 13.0 Å². The maximum Gasteiger partial charge on any atom is 0.229 e. The first kappa shape index (κ1) is 18.7. The molecule has 2 rings (SSSR count). The second-order valence-electron chi connectivity index (χ2n) is 6.21. The average Bonchev–Trinajstić information content (AvgIpc) is 2.50. The predicted octanol–water partition coefficient (Wildman–Crippen LogP) is 1.27. The second-order valence-corrected chi connectivity index (χ2v) is 7.96. The van der Waals surface area contributed by atoms with Crippen LogP contribution in [0.25, 0.3) is 0 Å². The van der Waals surface area contributed by atoms with Gasteiger partial charge in [-0.25, -0.2) is 8.42 Å². The van der Waals surface area contributed by atoms with Crippen LogP contribution in [0.2, 0.25) is 0 Å². The average molecular weight is 355 g/mol. The number of ether oxygens (including phenoxy) is 1. The molecular formula is C16H25N3O4S. The first-order valence-corrected chi connectivity index (χ1v) is 9.83. The van der Waals surface area contributed by atoms with E-state index in [1.165, 1.54) is 0 Å². The van der Waals surface area contributed by atoms with E-state index < -0.39 is 10.0 Å². The summed E-state index contributed by atoms with van der Waals surface area (Å²) in [5.41, 5.74) is 1.83. The summed E-state index contributed by atoms with van der Waals surface area (Å²) >= 11 is 0. The molecule has 1 fully saturated rings. The molecule has 0 bridgehead atoms. The number of anilines is 2. The Kier molecular flexibility index (Phi) is 6.20. The van der Waals surface area contributed by atoms with Gasteiger partial charge in [-0.05, 0) is 24.6 Å². The molecule has 7 nitrogen and oxygen atoms in total. The lowest BCUT2D eigenvalue weighted by molar-refractivity contribution is -0.120. The standard InChI is InChI=1S/C16H25N3O4S/c1-12-4-5-14(10-15(12)18-24(3,21)22)17-16(20)13(2)11-19-6-8-23-9-7-19/h4-5,10,13,18H,6-9,11H2,1-3H3,(H,17,20). The van der Waals surface area contributed by atoms with Gasteiger partial charge in [-0.15, -0.1) is 0 Å². The molecule has 1 aliphatic rings. The van der Waals surface area contributed by atoms with E-state index in [9.17, 15) is 13.2 Å². The van der Waals surface area contributed by atoms with Crippen molar-refractivity contribution in [2.24, 2.45) is 5.92 Å². The predicted molar refractivity (Wildman–Crippen MR) is 94.7 cm³/mol. The lowest BCUT2D eigenvalue weighted by Gasteiger charge is -2.28. The van der Waals surface area contributed by atoms with Crippen molar-refractivity contribution in [1.29, 1.82) is 0 Å². The highest BCUT2D eigenvalue weighted by atomic mass is 32.2. The van der Waals surface area contributed by atoms with Gasteiger partial charge in [0.25, 0.3) is 0 Å². The van der Waals surface area contributed by atoms with Crippen LogP contribution in [-0.4, -0.2) is 58.3 Å². The van der Waals surface area contributed by atoms with Crippen LogP contribution in [0.5, 0.6) is 0 Å². The van der Waals surface area contributed by atoms with Crippen LogP contribution in [0.3, 0.4) is 0 Å². The van der Waals surface area contributed by atoms with Crippen LogP contribution in [0.1, 0.15) is 12.5 Å². The summed E-state index contributed by atoms with van der Waals surface area (Å²) in [5.74, 6) is -0.258. The Hall–Kier alpha value is -1.64. The highest BCUT2D eigenvalue weighted by Crippen LogP contribution is 2.21. The number of nitrogens with one attached hydrogen (secondary N) is 2. The second kappa shape index (κ2) is 7.96. The van der Waals surface area contributed by atoms with Crippen molar-refractivity contribution in [2.75, 3.05) is 49.1 Å². The van der Waals surface area contributed by atoms with Gasteiger partial charge in [0.15, 0.2) is 0 Å². The van der Waals surface area contributed by atoms with Gasteiger partial charge in [-0.2, -0.15) is 0 Å². The van der Waals surface area contributed by atoms with Gasteiger partial charge < -0.3 is 10.1 Å². The fourth-order valence-electron chi connectivity index (χ4n) is 2.53. The molecule has 1 unspecified atom stereocenters. The minimum absolute atomic E-state index is 0.0874. The van der Waals surface area contributed by atoms with Crippen molar-refractivity contribution in [3.8, 4) is 0 Å². The summed E-state index contributed by atoms with van der Waals surface area (Å²) in [7, 11) is -3.36. The van der Waals surface area contributed by atoms with Gasteiger partial charge in [0.05, 0.1) is 25.2 Å². The zero-order valence-corrected chi connectivity index (χ0v) is 15.1. The molecule has 0 aliphatic carbocycles. The van der Waals surface area contributed by atoms with Crippen molar-refractivity contribution in [3.05, 3.63) is 23.8 Å². The molecule has 0 spiro atoms. The first-order chi connectivity index (χ1) is 11.2. The molecule has 1 aromatic rings. The molecule has 1 atom stereocenters. The zero-order chi connectivity index (χ0) is 17.7. The Morgan fingerprint density at radius 2 is 2.00 bits per heavy atom. The normalized spacial score (nSPS) is 17.3. The smallest absolute Gasteiger partial charge is 0.229 e. The molecule has 1 aromatic carbocycles. The fourth-order valence-corrected chi connectivity index (χ4v) is 3.15. The Bertz CT molecular complexity index is 685. The van der Waals surface area contributed by atoms with Gasteiger partial charge in [0.2, 0.25) is 15.9 Å². The van der Waals surface area contributed by atoms with Gasteiger partial charge >= 0.3 is 0 Å². The maximum atomic E-state index is 12.4. The van der Waals surface area contributed by atoms with Crippen LogP contribution >= 0.6 is 0 Å². The number of amides is 1. The summed E-state index contributed by atoms with van der Waals surface area (Å²) in [6.07, 6.45) is 1.10. The summed E-state index contributed by atoms with van der Waals surface area (Å²) in [6.45, 7) is 7.44. The number of hydrogen-bond acceptors (Lipinski definition) is 5. The quantitative estimate of drug-likeness (QED) is 0.802. The van der Waals surface area contributed by atoms with Gasteiger partial charge in [0.1, 0.15) is 0 Å². The maximum absolute atomic E-state index is 12.4. The summed E-state index contributed by atoms with van der Waals surface area (Å²) in [5, 5.41) is 2.85. The Labute approximate surface area is 143 Å². The molecule has 134 valence electrons. The monoisotopic (exact) mass is 355 g/mol. The van der Waals surface area contributed by atoms with E-state index in [0.29, 0.717) is 31.1 Å². The number of rotatable bonds is 6. The van der Waals surface area contributed by atoms with Crippen LogP contribution in [0.15, 0.2) is 18.2 Å². The number of aryl methyl sites for hydroxylation is 1. The molecule has 24 heavy (non-hydrogen) atoms. The van der Waals surface area contributed by atoms with E-state index in [2.05, 4.69) is 14.9 Å². The highest BCUT2D eigenvalue weighted by molar-refractivity contribution is 7.92. The number of carbonyl (C=O) groups excluding carboxylic acids is 1. The van der Waals surface area contributed by atoms with Crippen LogP contribution in [0.4, 0.5) is 11.4 Å². The molecule has 2 N–H and O–H groups in total. The minimum Gasteiger partial charge on any atom is -0.379 e. The van der Waals surface area contributed by atoms with E-state index in [-0.39, 0.29) is 11.8 Å². The molecule has 0 saturated carbocycles. The Morgan fingerprint density at radius 1 is 1.33 bits per heavy atom.